The van der Waals surface area contributed by atoms with Gasteiger partial charge in [-0.1, -0.05) is 34.1 Å². The fourth-order valence-corrected chi connectivity index (χ4v) is 4.02. The molecule has 4 nitrogen and oxygen atoms in total. The number of amides is 1. The number of aryl methyl sites for hydroxylation is 1. The lowest BCUT2D eigenvalue weighted by molar-refractivity contribution is -0.138. The first-order chi connectivity index (χ1) is 14.7. The molecule has 2 aliphatic heterocycles. The highest BCUT2D eigenvalue weighted by Crippen LogP contribution is 2.32. The topological polar surface area (TPSA) is 35.6 Å². The van der Waals surface area contributed by atoms with Crippen molar-refractivity contribution in [3.05, 3.63) is 29.3 Å². The molecule has 31 heavy (non-hydrogen) atoms. The molecule has 0 bridgehead atoms. The van der Waals surface area contributed by atoms with Gasteiger partial charge in [0.25, 0.3) is 0 Å². The van der Waals surface area contributed by atoms with Gasteiger partial charge in [0.15, 0.2) is 0 Å². The molecule has 2 fully saturated rings. The number of carbonyl (C=O) groups is 1. The van der Waals surface area contributed by atoms with Gasteiger partial charge in [0, 0.05) is 24.8 Å². The second-order valence-corrected chi connectivity index (χ2v) is 8.22. The van der Waals surface area contributed by atoms with Crippen LogP contribution in [-0.2, 0) is 11.0 Å². The summed E-state index contributed by atoms with van der Waals surface area (Å²) in [7, 11) is 2.06. The van der Waals surface area contributed by atoms with Gasteiger partial charge in [-0.25, -0.2) is 0 Å². The average Bonchev–Trinajstić information content (AvgIpc) is 2.71. The number of hydrogen-bond acceptors (Lipinski definition) is 3. The van der Waals surface area contributed by atoms with Gasteiger partial charge in [0.2, 0.25) is 5.91 Å². The summed E-state index contributed by atoms with van der Waals surface area (Å²) in [6.45, 7) is 12.5. The van der Waals surface area contributed by atoms with E-state index in [-0.39, 0.29) is 11.9 Å². The van der Waals surface area contributed by atoms with E-state index in [1.165, 1.54) is 6.42 Å². The molecule has 0 saturated carbocycles. The molecule has 1 aromatic carbocycles. The van der Waals surface area contributed by atoms with Crippen LogP contribution in [0.1, 0.15) is 70.9 Å². The first-order valence-electron chi connectivity index (χ1n) is 11.6. The van der Waals surface area contributed by atoms with Crippen LogP contribution >= 0.6 is 0 Å². The molecule has 0 aromatic heterocycles. The number of hydrogen-bond donors (Lipinski definition) is 1. The predicted octanol–water partition coefficient (Wildman–Crippen LogP) is 5.95. The van der Waals surface area contributed by atoms with E-state index in [0.717, 1.165) is 51.0 Å². The van der Waals surface area contributed by atoms with E-state index in [2.05, 4.69) is 31.1 Å². The van der Waals surface area contributed by atoms with Crippen LogP contribution in [0.3, 0.4) is 0 Å². The van der Waals surface area contributed by atoms with E-state index in [1.54, 1.807) is 13.0 Å². The molecule has 2 atom stereocenters. The quantitative estimate of drug-likeness (QED) is 0.627. The van der Waals surface area contributed by atoms with Gasteiger partial charge in [0.1, 0.15) is 6.04 Å². The van der Waals surface area contributed by atoms with Crippen LogP contribution in [0.5, 0.6) is 0 Å². The lowest BCUT2D eigenvalue weighted by Gasteiger charge is -2.42. The fraction of sp³-hybridized carbons (Fsp3) is 0.708. The number of likely N-dealkylation sites (tertiary alicyclic amines) is 2. The fourth-order valence-electron chi connectivity index (χ4n) is 4.02. The van der Waals surface area contributed by atoms with Crippen LogP contribution in [0.25, 0.3) is 0 Å². The summed E-state index contributed by atoms with van der Waals surface area (Å²) in [6, 6.07) is 3.62. The summed E-state index contributed by atoms with van der Waals surface area (Å²) < 4.78 is 39.1. The Labute approximate surface area is 186 Å². The largest absolute Gasteiger partial charge is 0.416 e. The zero-order chi connectivity index (χ0) is 23.6. The Morgan fingerprint density at radius 2 is 1.68 bits per heavy atom. The van der Waals surface area contributed by atoms with E-state index >= 15 is 0 Å². The minimum absolute atomic E-state index is 0.00612. The van der Waals surface area contributed by atoms with Crippen molar-refractivity contribution < 1.29 is 18.0 Å². The third-order valence-electron chi connectivity index (χ3n) is 5.26. The Balaban J connectivity index is 0.000000884. The molecule has 1 N–H and O–H groups in total. The Hall–Kier alpha value is -1.76. The van der Waals surface area contributed by atoms with Crippen molar-refractivity contribution in [2.45, 2.75) is 85.0 Å². The molecule has 0 aliphatic carbocycles. The van der Waals surface area contributed by atoms with Crippen LogP contribution in [0, 0.1) is 6.92 Å². The molecule has 0 radical (unpaired) electrons. The standard InChI is InChI=1S/C19H26F3N3O.C3H8.C2H6/c1-13-9-14(19(20,21)22)11-15(10-13)23-17-6-4-8-25(18(17)26)16-5-3-7-24(2)12-16;1-3-2;1-2/h9-11,16-17,23H,3-8,12H2,1-2H3;3H2,1-2H3;1-2H3. The summed E-state index contributed by atoms with van der Waals surface area (Å²) in [5.41, 5.74) is 0.198. The molecule has 1 aromatic rings. The number of likely N-dealkylation sites (N-methyl/N-ethyl adjacent to an activating group) is 1. The normalized spacial score (nSPS) is 22.1. The molecule has 2 unspecified atom stereocenters. The average molecular weight is 444 g/mol. The molecule has 178 valence electrons. The summed E-state index contributed by atoms with van der Waals surface area (Å²) >= 11 is 0. The molecule has 2 heterocycles. The van der Waals surface area contributed by atoms with Crippen LogP contribution in [0.15, 0.2) is 18.2 Å². The lowest BCUT2D eigenvalue weighted by Crippen LogP contribution is -2.56. The smallest absolute Gasteiger partial charge is 0.374 e. The van der Waals surface area contributed by atoms with Crippen molar-refractivity contribution >= 4 is 11.6 Å². The molecule has 1 amide bonds. The molecular weight excluding hydrogens is 403 g/mol. The van der Waals surface area contributed by atoms with Crippen molar-refractivity contribution in [3.8, 4) is 0 Å². The number of benzene rings is 1. The first-order valence-corrected chi connectivity index (χ1v) is 11.6. The van der Waals surface area contributed by atoms with Gasteiger partial charge in [0.05, 0.1) is 5.56 Å². The number of nitrogens with one attached hydrogen (secondary N) is 1. The van der Waals surface area contributed by atoms with Crippen LogP contribution in [0.4, 0.5) is 18.9 Å². The maximum atomic E-state index is 13.0. The number of carbonyl (C=O) groups excluding carboxylic acids is 1. The van der Waals surface area contributed by atoms with Crippen molar-refractivity contribution in [1.82, 2.24) is 9.80 Å². The summed E-state index contributed by atoms with van der Waals surface area (Å²) in [5, 5.41) is 3.06. The van der Waals surface area contributed by atoms with Crippen molar-refractivity contribution in [2.75, 3.05) is 32.0 Å². The summed E-state index contributed by atoms with van der Waals surface area (Å²) in [5.74, 6) is 0.00612. The predicted molar refractivity (Wildman–Crippen MR) is 122 cm³/mol. The molecular formula is C24H40F3N3O. The highest BCUT2D eigenvalue weighted by molar-refractivity contribution is 5.85. The number of anilines is 1. The van der Waals surface area contributed by atoms with Gasteiger partial charge in [-0.05, 0) is 70.0 Å². The Bertz CT molecular complexity index is 679. The summed E-state index contributed by atoms with van der Waals surface area (Å²) in [6.07, 6.45) is 0.424. The van der Waals surface area contributed by atoms with Crippen molar-refractivity contribution in [3.63, 3.8) is 0 Å². The first kappa shape index (κ1) is 27.3. The van der Waals surface area contributed by atoms with Gasteiger partial charge < -0.3 is 15.1 Å². The zero-order valence-corrected chi connectivity index (χ0v) is 20.0. The van der Waals surface area contributed by atoms with E-state index in [9.17, 15) is 18.0 Å². The maximum Gasteiger partial charge on any atom is 0.416 e. The number of nitrogens with zero attached hydrogens (tertiary/aromatic N) is 2. The maximum absolute atomic E-state index is 13.0. The van der Waals surface area contributed by atoms with Crippen LogP contribution < -0.4 is 5.32 Å². The third-order valence-corrected chi connectivity index (χ3v) is 5.26. The van der Waals surface area contributed by atoms with E-state index < -0.39 is 17.8 Å². The highest BCUT2D eigenvalue weighted by atomic mass is 19.4. The third kappa shape index (κ3) is 8.36. The zero-order valence-electron chi connectivity index (χ0n) is 20.0. The van der Waals surface area contributed by atoms with Crippen molar-refractivity contribution in [1.29, 1.82) is 0 Å². The molecule has 7 heteroatoms. The number of halogens is 3. The number of alkyl halides is 3. The monoisotopic (exact) mass is 443 g/mol. The SMILES string of the molecule is CC.CCC.Cc1cc(NC2CCCN(C3CCCN(C)C3)C2=O)cc(C(F)(F)F)c1. The van der Waals surface area contributed by atoms with Crippen molar-refractivity contribution in [2.24, 2.45) is 0 Å². The molecule has 3 rings (SSSR count). The van der Waals surface area contributed by atoms with Gasteiger partial charge in [-0.15, -0.1) is 0 Å². The van der Waals surface area contributed by atoms with Gasteiger partial charge in [-0.2, -0.15) is 13.2 Å². The molecule has 0 spiro atoms. The number of piperidine rings is 2. The Kier molecular flexibility index (Phi) is 11.4. The molecule has 2 saturated heterocycles. The van der Waals surface area contributed by atoms with E-state index in [0.29, 0.717) is 17.7 Å². The number of rotatable bonds is 3. The summed E-state index contributed by atoms with van der Waals surface area (Å²) in [4.78, 5) is 17.1. The second kappa shape index (κ2) is 12.9. The van der Waals surface area contributed by atoms with Gasteiger partial charge >= 0.3 is 6.18 Å². The van der Waals surface area contributed by atoms with Crippen LogP contribution in [-0.4, -0.2) is 54.5 Å². The van der Waals surface area contributed by atoms with E-state index in [1.807, 2.05) is 18.7 Å². The minimum Gasteiger partial charge on any atom is -0.374 e. The lowest BCUT2D eigenvalue weighted by atomic mass is 9.97. The molecule has 2 aliphatic rings. The van der Waals surface area contributed by atoms with Crippen LogP contribution in [0.2, 0.25) is 0 Å². The van der Waals surface area contributed by atoms with Gasteiger partial charge in [-0.3, -0.25) is 4.79 Å². The minimum atomic E-state index is -4.39. The van der Waals surface area contributed by atoms with E-state index in [4.69, 9.17) is 0 Å². The Morgan fingerprint density at radius 1 is 1.06 bits per heavy atom. The second-order valence-electron chi connectivity index (χ2n) is 8.22. The Morgan fingerprint density at radius 3 is 2.26 bits per heavy atom. The highest BCUT2D eigenvalue weighted by Gasteiger charge is 2.35.